The van der Waals surface area contributed by atoms with Gasteiger partial charge in [0.25, 0.3) is 0 Å². The Bertz CT molecular complexity index is 397. The molecule has 1 aromatic carbocycles. The molecule has 0 saturated carbocycles. The third kappa shape index (κ3) is 3.32. The van der Waals surface area contributed by atoms with E-state index in [4.69, 9.17) is 15.2 Å². The van der Waals surface area contributed by atoms with Gasteiger partial charge in [0.05, 0.1) is 19.8 Å². The van der Waals surface area contributed by atoms with E-state index in [1.807, 2.05) is 36.4 Å². The van der Waals surface area contributed by atoms with Crippen LogP contribution in [-0.4, -0.2) is 26.4 Å². The van der Waals surface area contributed by atoms with E-state index in [9.17, 15) is 0 Å². The minimum Gasteiger partial charge on any atom is -0.493 e. The fourth-order valence-electron chi connectivity index (χ4n) is 1.70. The average molecular weight is 233 g/mol. The SMILES string of the molecule is CC1(COc2cccc(/C=C/CN)c2)COC1. The molecule has 0 spiro atoms. The maximum absolute atomic E-state index is 5.79. The summed E-state index contributed by atoms with van der Waals surface area (Å²) in [6.07, 6.45) is 3.93. The van der Waals surface area contributed by atoms with E-state index in [1.165, 1.54) is 0 Å². The molecule has 92 valence electrons. The van der Waals surface area contributed by atoms with E-state index >= 15 is 0 Å². The van der Waals surface area contributed by atoms with E-state index in [0.29, 0.717) is 13.2 Å². The molecule has 1 aliphatic rings. The van der Waals surface area contributed by atoms with Crippen molar-refractivity contribution in [1.29, 1.82) is 0 Å². The lowest BCUT2D eigenvalue weighted by Gasteiger charge is -2.37. The quantitative estimate of drug-likeness (QED) is 0.846. The number of hydrogen-bond acceptors (Lipinski definition) is 3. The van der Waals surface area contributed by atoms with Gasteiger partial charge in [-0.1, -0.05) is 31.2 Å². The fourth-order valence-corrected chi connectivity index (χ4v) is 1.70. The van der Waals surface area contributed by atoms with Gasteiger partial charge in [-0.2, -0.15) is 0 Å². The number of rotatable bonds is 5. The van der Waals surface area contributed by atoms with E-state index < -0.39 is 0 Å². The molecule has 0 aromatic heterocycles. The maximum atomic E-state index is 5.79. The molecule has 0 unspecified atom stereocenters. The van der Waals surface area contributed by atoms with Crippen LogP contribution in [0.1, 0.15) is 12.5 Å². The summed E-state index contributed by atoms with van der Waals surface area (Å²) in [4.78, 5) is 0. The molecule has 3 nitrogen and oxygen atoms in total. The van der Waals surface area contributed by atoms with Crippen LogP contribution >= 0.6 is 0 Å². The van der Waals surface area contributed by atoms with Crippen molar-refractivity contribution in [3.8, 4) is 5.75 Å². The van der Waals surface area contributed by atoms with Crippen molar-refractivity contribution in [3.63, 3.8) is 0 Å². The standard InChI is InChI=1S/C14H19NO2/c1-14(9-16-10-14)11-17-13-6-2-4-12(8-13)5-3-7-15/h2-6,8H,7,9-11,15H2,1H3/b5-3+. The van der Waals surface area contributed by atoms with Crippen LogP contribution in [-0.2, 0) is 4.74 Å². The van der Waals surface area contributed by atoms with Gasteiger partial charge in [-0.25, -0.2) is 0 Å². The average Bonchev–Trinajstić information content (AvgIpc) is 2.32. The lowest BCUT2D eigenvalue weighted by molar-refractivity contribution is -0.120. The maximum Gasteiger partial charge on any atom is 0.119 e. The molecular formula is C14H19NO2. The summed E-state index contributed by atoms with van der Waals surface area (Å²) in [6, 6.07) is 8.02. The van der Waals surface area contributed by atoms with Crippen LogP contribution in [0.15, 0.2) is 30.3 Å². The molecule has 0 atom stereocenters. The molecule has 0 aliphatic carbocycles. The van der Waals surface area contributed by atoms with Crippen LogP contribution < -0.4 is 10.5 Å². The van der Waals surface area contributed by atoms with Crippen molar-refractivity contribution < 1.29 is 9.47 Å². The molecule has 3 heteroatoms. The Labute approximate surface area is 102 Å². The molecule has 0 amide bonds. The van der Waals surface area contributed by atoms with Crippen molar-refractivity contribution in [2.75, 3.05) is 26.4 Å². The van der Waals surface area contributed by atoms with Gasteiger partial charge in [-0.3, -0.25) is 0 Å². The van der Waals surface area contributed by atoms with E-state index in [1.54, 1.807) is 0 Å². The zero-order chi connectivity index (χ0) is 12.1. The number of ether oxygens (including phenoxy) is 2. The van der Waals surface area contributed by atoms with Gasteiger partial charge < -0.3 is 15.2 Å². The lowest BCUT2D eigenvalue weighted by Crippen LogP contribution is -2.44. The van der Waals surface area contributed by atoms with Crippen molar-refractivity contribution in [2.24, 2.45) is 11.1 Å². The Morgan fingerprint density at radius 2 is 2.29 bits per heavy atom. The first-order valence-electron chi connectivity index (χ1n) is 5.89. The first-order chi connectivity index (χ1) is 8.22. The van der Waals surface area contributed by atoms with Gasteiger partial charge in [-0.05, 0) is 17.7 Å². The molecule has 2 N–H and O–H groups in total. The highest BCUT2D eigenvalue weighted by Gasteiger charge is 2.34. The third-order valence-corrected chi connectivity index (χ3v) is 2.79. The second-order valence-corrected chi connectivity index (χ2v) is 4.80. The predicted molar refractivity (Wildman–Crippen MR) is 69.0 cm³/mol. The van der Waals surface area contributed by atoms with Gasteiger partial charge >= 0.3 is 0 Å². The highest BCUT2D eigenvalue weighted by atomic mass is 16.5. The Morgan fingerprint density at radius 3 is 2.94 bits per heavy atom. The van der Waals surface area contributed by atoms with Crippen LogP contribution in [0.5, 0.6) is 5.75 Å². The van der Waals surface area contributed by atoms with Gasteiger partial charge in [-0.15, -0.1) is 0 Å². The summed E-state index contributed by atoms with van der Waals surface area (Å²) in [5.74, 6) is 0.900. The minimum absolute atomic E-state index is 0.184. The first kappa shape index (κ1) is 12.1. The fraction of sp³-hybridized carbons (Fsp3) is 0.429. The molecular weight excluding hydrogens is 214 g/mol. The van der Waals surface area contributed by atoms with Crippen molar-refractivity contribution >= 4 is 6.08 Å². The first-order valence-corrected chi connectivity index (χ1v) is 5.89. The van der Waals surface area contributed by atoms with Gasteiger partial charge in [0.1, 0.15) is 5.75 Å². The summed E-state index contributed by atoms with van der Waals surface area (Å²) < 4.78 is 11.0. The Kier molecular flexibility index (Phi) is 3.82. The van der Waals surface area contributed by atoms with Crippen molar-refractivity contribution in [2.45, 2.75) is 6.92 Å². The van der Waals surface area contributed by atoms with Crippen LogP contribution in [0, 0.1) is 5.41 Å². The lowest BCUT2D eigenvalue weighted by atomic mass is 9.90. The summed E-state index contributed by atoms with van der Waals surface area (Å²) in [7, 11) is 0. The zero-order valence-corrected chi connectivity index (χ0v) is 10.2. The molecule has 1 fully saturated rings. The molecule has 1 heterocycles. The molecule has 1 aliphatic heterocycles. The van der Waals surface area contributed by atoms with E-state index in [0.717, 1.165) is 24.5 Å². The summed E-state index contributed by atoms with van der Waals surface area (Å²) >= 11 is 0. The number of nitrogens with two attached hydrogens (primary N) is 1. The van der Waals surface area contributed by atoms with E-state index in [-0.39, 0.29) is 5.41 Å². The largest absolute Gasteiger partial charge is 0.493 e. The van der Waals surface area contributed by atoms with Crippen LogP contribution in [0.3, 0.4) is 0 Å². The van der Waals surface area contributed by atoms with E-state index in [2.05, 4.69) is 6.92 Å². The molecule has 0 radical (unpaired) electrons. The normalized spacial score (nSPS) is 18.0. The molecule has 2 rings (SSSR count). The molecule has 17 heavy (non-hydrogen) atoms. The smallest absolute Gasteiger partial charge is 0.119 e. The molecule has 0 bridgehead atoms. The second kappa shape index (κ2) is 5.34. The summed E-state index contributed by atoms with van der Waals surface area (Å²) in [5.41, 5.74) is 6.72. The highest BCUT2D eigenvalue weighted by molar-refractivity contribution is 5.51. The van der Waals surface area contributed by atoms with Crippen LogP contribution in [0.2, 0.25) is 0 Å². The summed E-state index contributed by atoms with van der Waals surface area (Å²) in [5, 5.41) is 0. The number of hydrogen-bond donors (Lipinski definition) is 1. The molecule has 1 aromatic rings. The topological polar surface area (TPSA) is 44.5 Å². The van der Waals surface area contributed by atoms with Gasteiger partial charge in [0, 0.05) is 12.0 Å². The Balaban J connectivity index is 1.93. The number of benzene rings is 1. The molecule has 1 saturated heterocycles. The second-order valence-electron chi connectivity index (χ2n) is 4.80. The van der Waals surface area contributed by atoms with Gasteiger partial charge in [0.15, 0.2) is 0 Å². The zero-order valence-electron chi connectivity index (χ0n) is 10.2. The van der Waals surface area contributed by atoms with Crippen LogP contribution in [0.25, 0.3) is 6.08 Å². The van der Waals surface area contributed by atoms with Gasteiger partial charge in [0.2, 0.25) is 0 Å². The van der Waals surface area contributed by atoms with Crippen LogP contribution in [0.4, 0.5) is 0 Å². The predicted octanol–water partition coefficient (Wildman–Crippen LogP) is 2.07. The Hall–Kier alpha value is -1.32. The summed E-state index contributed by atoms with van der Waals surface area (Å²) in [6.45, 7) is 5.02. The third-order valence-electron chi connectivity index (χ3n) is 2.79. The monoisotopic (exact) mass is 233 g/mol. The minimum atomic E-state index is 0.184. The Morgan fingerprint density at radius 1 is 1.47 bits per heavy atom. The van der Waals surface area contributed by atoms with Crippen molar-refractivity contribution in [3.05, 3.63) is 35.9 Å². The van der Waals surface area contributed by atoms with Crippen molar-refractivity contribution in [1.82, 2.24) is 0 Å². The highest BCUT2D eigenvalue weighted by Crippen LogP contribution is 2.27.